The van der Waals surface area contributed by atoms with E-state index in [4.69, 9.17) is 0 Å². The molecule has 94 valence electrons. The van der Waals surface area contributed by atoms with Crippen LogP contribution in [0.3, 0.4) is 0 Å². The highest BCUT2D eigenvalue weighted by molar-refractivity contribution is 5.15. The minimum atomic E-state index is 0.187. The number of hydrogen-bond donors (Lipinski definition) is 1. The zero-order valence-corrected chi connectivity index (χ0v) is 10.8. The van der Waals surface area contributed by atoms with Crippen LogP contribution in [0.1, 0.15) is 43.9 Å². The summed E-state index contributed by atoms with van der Waals surface area (Å²) >= 11 is 0. The summed E-state index contributed by atoms with van der Waals surface area (Å²) in [6.45, 7) is 5.72. The first-order chi connectivity index (χ1) is 8.22. The van der Waals surface area contributed by atoms with E-state index >= 15 is 0 Å². The summed E-state index contributed by atoms with van der Waals surface area (Å²) in [5, 5.41) is 3.40. The Morgan fingerprint density at radius 2 is 2.18 bits per heavy atom. The summed E-state index contributed by atoms with van der Waals surface area (Å²) in [4.78, 5) is 12.3. The topological polar surface area (TPSA) is 34.0 Å². The lowest BCUT2D eigenvalue weighted by Gasteiger charge is -2.11. The molecule has 1 aliphatic carbocycles. The Labute approximate surface area is 103 Å². The minimum absolute atomic E-state index is 0.187. The molecule has 0 radical (unpaired) electrons. The molecule has 0 spiro atoms. The van der Waals surface area contributed by atoms with Gasteiger partial charge in [-0.05, 0) is 32.3 Å². The van der Waals surface area contributed by atoms with Gasteiger partial charge in [0.15, 0.2) is 0 Å². The van der Waals surface area contributed by atoms with E-state index in [0.29, 0.717) is 6.04 Å². The Kier molecular flexibility index (Phi) is 4.00. The predicted octanol–water partition coefficient (Wildman–Crippen LogP) is 2.21. The Bertz CT molecular complexity index is 432. The van der Waals surface area contributed by atoms with Crippen molar-refractivity contribution >= 4 is 0 Å². The molecular formula is C14H22N2O. The molecule has 1 aromatic rings. The standard InChI is InChI=1S/C14H22N2O/c1-3-4-9-16-11(2)5-6-12(14(16)17)10-15-13-7-8-13/h5-6,13,15H,3-4,7-10H2,1-2H3. The Morgan fingerprint density at radius 1 is 1.41 bits per heavy atom. The fourth-order valence-corrected chi connectivity index (χ4v) is 1.99. The number of rotatable bonds is 6. The van der Waals surface area contributed by atoms with E-state index in [1.165, 1.54) is 12.8 Å². The molecule has 2 rings (SSSR count). The predicted molar refractivity (Wildman–Crippen MR) is 70.2 cm³/mol. The van der Waals surface area contributed by atoms with Gasteiger partial charge < -0.3 is 9.88 Å². The van der Waals surface area contributed by atoms with Gasteiger partial charge in [0.05, 0.1) is 0 Å². The van der Waals surface area contributed by atoms with Crippen molar-refractivity contribution in [1.29, 1.82) is 0 Å². The van der Waals surface area contributed by atoms with Gasteiger partial charge in [0.1, 0.15) is 0 Å². The van der Waals surface area contributed by atoms with Crippen molar-refractivity contribution < 1.29 is 0 Å². The van der Waals surface area contributed by atoms with Crippen LogP contribution < -0.4 is 10.9 Å². The van der Waals surface area contributed by atoms with Crippen molar-refractivity contribution in [3.05, 3.63) is 33.7 Å². The number of nitrogens with zero attached hydrogens (tertiary/aromatic N) is 1. The molecule has 1 saturated carbocycles. The lowest BCUT2D eigenvalue weighted by atomic mass is 10.2. The van der Waals surface area contributed by atoms with E-state index in [1.54, 1.807) is 0 Å². The first-order valence-corrected chi connectivity index (χ1v) is 6.65. The SMILES string of the molecule is CCCCn1c(C)ccc(CNC2CC2)c1=O. The third-order valence-corrected chi connectivity index (χ3v) is 3.37. The molecular weight excluding hydrogens is 212 g/mol. The van der Waals surface area contributed by atoms with E-state index in [2.05, 4.69) is 18.3 Å². The average Bonchev–Trinajstić information content (AvgIpc) is 3.12. The monoisotopic (exact) mass is 234 g/mol. The Morgan fingerprint density at radius 3 is 2.82 bits per heavy atom. The molecule has 17 heavy (non-hydrogen) atoms. The zero-order valence-electron chi connectivity index (χ0n) is 10.8. The van der Waals surface area contributed by atoms with E-state index in [0.717, 1.165) is 37.2 Å². The van der Waals surface area contributed by atoms with E-state index in [1.807, 2.05) is 17.6 Å². The van der Waals surface area contributed by atoms with Crippen LogP contribution in [-0.4, -0.2) is 10.6 Å². The molecule has 1 fully saturated rings. The van der Waals surface area contributed by atoms with E-state index in [9.17, 15) is 4.79 Å². The van der Waals surface area contributed by atoms with Crippen LogP contribution in [-0.2, 0) is 13.1 Å². The summed E-state index contributed by atoms with van der Waals surface area (Å²) in [7, 11) is 0. The van der Waals surface area contributed by atoms with E-state index in [-0.39, 0.29) is 5.56 Å². The highest BCUT2D eigenvalue weighted by Crippen LogP contribution is 2.18. The lowest BCUT2D eigenvalue weighted by Crippen LogP contribution is -2.29. The molecule has 0 aromatic carbocycles. The number of hydrogen-bond acceptors (Lipinski definition) is 2. The van der Waals surface area contributed by atoms with Crippen LogP contribution in [0, 0.1) is 6.92 Å². The minimum Gasteiger partial charge on any atom is -0.313 e. The summed E-state index contributed by atoms with van der Waals surface area (Å²) < 4.78 is 1.91. The van der Waals surface area contributed by atoms with Crippen LogP contribution in [0.15, 0.2) is 16.9 Å². The van der Waals surface area contributed by atoms with Gasteiger partial charge in [-0.3, -0.25) is 4.79 Å². The van der Waals surface area contributed by atoms with Crippen LogP contribution in [0.25, 0.3) is 0 Å². The van der Waals surface area contributed by atoms with Crippen molar-refractivity contribution in [3.8, 4) is 0 Å². The normalized spacial score (nSPS) is 15.2. The molecule has 3 nitrogen and oxygen atoms in total. The molecule has 0 amide bonds. The molecule has 0 unspecified atom stereocenters. The fraction of sp³-hybridized carbons (Fsp3) is 0.643. The largest absolute Gasteiger partial charge is 0.313 e. The zero-order chi connectivity index (χ0) is 12.3. The number of aryl methyl sites for hydroxylation is 1. The molecule has 0 aliphatic heterocycles. The highest BCUT2D eigenvalue weighted by Gasteiger charge is 2.20. The smallest absolute Gasteiger partial charge is 0.255 e. The van der Waals surface area contributed by atoms with Gasteiger partial charge in [0, 0.05) is 30.4 Å². The number of aromatic nitrogens is 1. The van der Waals surface area contributed by atoms with Gasteiger partial charge in [-0.15, -0.1) is 0 Å². The molecule has 3 heteroatoms. The van der Waals surface area contributed by atoms with Gasteiger partial charge in [-0.2, -0.15) is 0 Å². The van der Waals surface area contributed by atoms with Crippen LogP contribution >= 0.6 is 0 Å². The Balaban J connectivity index is 2.12. The number of pyridine rings is 1. The molecule has 1 aliphatic rings. The highest BCUT2D eigenvalue weighted by atomic mass is 16.1. The van der Waals surface area contributed by atoms with Gasteiger partial charge in [-0.1, -0.05) is 19.4 Å². The number of unbranched alkanes of at least 4 members (excludes halogenated alkanes) is 1. The van der Waals surface area contributed by atoms with E-state index < -0.39 is 0 Å². The molecule has 0 saturated heterocycles. The van der Waals surface area contributed by atoms with Crippen molar-refractivity contribution in [2.45, 2.75) is 58.7 Å². The third-order valence-electron chi connectivity index (χ3n) is 3.37. The molecule has 0 bridgehead atoms. The quantitative estimate of drug-likeness (QED) is 0.819. The first kappa shape index (κ1) is 12.4. The second-order valence-electron chi connectivity index (χ2n) is 4.97. The van der Waals surface area contributed by atoms with Crippen molar-refractivity contribution in [1.82, 2.24) is 9.88 Å². The Hall–Kier alpha value is -1.09. The van der Waals surface area contributed by atoms with Crippen molar-refractivity contribution in [2.24, 2.45) is 0 Å². The molecule has 1 N–H and O–H groups in total. The summed E-state index contributed by atoms with van der Waals surface area (Å²) in [6, 6.07) is 4.68. The van der Waals surface area contributed by atoms with Crippen LogP contribution in [0.4, 0.5) is 0 Å². The van der Waals surface area contributed by atoms with Gasteiger partial charge in [-0.25, -0.2) is 0 Å². The number of nitrogens with one attached hydrogen (secondary N) is 1. The average molecular weight is 234 g/mol. The second-order valence-corrected chi connectivity index (χ2v) is 4.97. The maximum Gasteiger partial charge on any atom is 0.255 e. The third kappa shape index (κ3) is 3.19. The molecule has 1 aromatic heterocycles. The van der Waals surface area contributed by atoms with Crippen LogP contribution in [0.5, 0.6) is 0 Å². The maximum atomic E-state index is 12.3. The summed E-state index contributed by atoms with van der Waals surface area (Å²) in [5.41, 5.74) is 2.16. The van der Waals surface area contributed by atoms with Crippen LogP contribution in [0.2, 0.25) is 0 Å². The van der Waals surface area contributed by atoms with Gasteiger partial charge >= 0.3 is 0 Å². The first-order valence-electron chi connectivity index (χ1n) is 6.65. The maximum absolute atomic E-state index is 12.3. The van der Waals surface area contributed by atoms with Gasteiger partial charge in [0.2, 0.25) is 0 Å². The lowest BCUT2D eigenvalue weighted by molar-refractivity contribution is 0.586. The summed E-state index contributed by atoms with van der Waals surface area (Å²) in [6.07, 6.45) is 4.71. The van der Waals surface area contributed by atoms with Crippen molar-refractivity contribution in [2.75, 3.05) is 0 Å². The second kappa shape index (κ2) is 5.50. The fourth-order valence-electron chi connectivity index (χ4n) is 1.99. The molecule has 0 atom stereocenters. The molecule has 1 heterocycles. The summed E-state index contributed by atoms with van der Waals surface area (Å²) in [5.74, 6) is 0. The van der Waals surface area contributed by atoms with Crippen molar-refractivity contribution in [3.63, 3.8) is 0 Å². The van der Waals surface area contributed by atoms with Gasteiger partial charge in [0.25, 0.3) is 5.56 Å².